The Morgan fingerprint density at radius 2 is 1.30 bits per heavy atom. The third-order valence-corrected chi connectivity index (χ3v) is 5.30. The van der Waals surface area contributed by atoms with E-state index in [-0.39, 0.29) is 17.1 Å². The van der Waals surface area contributed by atoms with Crippen LogP contribution in [0.3, 0.4) is 0 Å². The average Bonchev–Trinajstić information content (AvgIpc) is 3.47. The van der Waals surface area contributed by atoms with Gasteiger partial charge in [0.2, 0.25) is 0 Å². The number of rotatable bonds is 4. The van der Waals surface area contributed by atoms with Gasteiger partial charge in [0, 0.05) is 39.1 Å². The molecule has 0 unspecified atom stereocenters. The zero-order valence-corrected chi connectivity index (χ0v) is 18.0. The minimum Gasteiger partial charge on any atom is -0.355 e. The summed E-state index contributed by atoms with van der Waals surface area (Å²) < 4.78 is 0. The van der Waals surface area contributed by atoms with Crippen molar-refractivity contribution in [2.24, 2.45) is 0 Å². The second-order valence-corrected chi connectivity index (χ2v) is 7.66. The van der Waals surface area contributed by atoms with Gasteiger partial charge in [-0.05, 0) is 85.2 Å². The normalized spacial score (nSPS) is 12.2. The molecule has 0 radical (unpaired) electrons. The molecule has 0 aromatic carbocycles. The van der Waals surface area contributed by atoms with Gasteiger partial charge in [-0.25, -0.2) is 9.97 Å². The summed E-state index contributed by atoms with van der Waals surface area (Å²) in [5.41, 5.74) is 9.49. The number of nitrogens with zero attached hydrogens (tertiary/aromatic N) is 2. The fourth-order valence-electron chi connectivity index (χ4n) is 3.85. The van der Waals surface area contributed by atoms with Crippen LogP contribution in [0.4, 0.5) is 0 Å². The maximum atomic E-state index is 4.76. The molecule has 8 bridgehead atoms. The zero-order valence-electron chi connectivity index (χ0n) is 16.9. The number of fused-ring (bicyclic) bond motifs is 8. The maximum Gasteiger partial charge on any atom is 0.0659 e. The molecule has 0 aliphatic carbocycles. The van der Waals surface area contributed by atoms with Crippen LogP contribution >= 0.6 is 0 Å². The van der Waals surface area contributed by atoms with Gasteiger partial charge in [0.1, 0.15) is 0 Å². The molecule has 2 N–H and O–H groups in total. The van der Waals surface area contributed by atoms with E-state index in [9.17, 15) is 0 Å². The molecule has 4 nitrogen and oxygen atoms in total. The van der Waals surface area contributed by atoms with Crippen molar-refractivity contribution < 1.29 is 17.1 Å². The number of H-pyrrole nitrogens is 2. The van der Waals surface area contributed by atoms with E-state index in [1.807, 2.05) is 24.3 Å². The molecule has 152 valence electrons. The third-order valence-electron chi connectivity index (χ3n) is 5.30. The van der Waals surface area contributed by atoms with Crippen molar-refractivity contribution in [2.75, 3.05) is 0 Å². The number of hydrogen-bond donors (Lipinski definition) is 2. The summed E-state index contributed by atoms with van der Waals surface area (Å²) >= 11 is 0. The first-order valence-corrected chi connectivity index (χ1v) is 10.3. The molecular formula is C25H24FeN4. The number of unbranched alkanes of at least 4 members (excludes halogenated alkanes) is 2. The van der Waals surface area contributed by atoms with Gasteiger partial charge < -0.3 is 9.97 Å². The maximum absolute atomic E-state index is 4.76. The molecule has 5 heteroatoms. The summed E-state index contributed by atoms with van der Waals surface area (Å²) in [6, 6.07) is 14.9. The summed E-state index contributed by atoms with van der Waals surface area (Å²) in [4.78, 5) is 16.5. The van der Waals surface area contributed by atoms with Crippen LogP contribution in [-0.4, -0.2) is 19.9 Å². The monoisotopic (exact) mass is 436 g/mol. The van der Waals surface area contributed by atoms with Crippen LogP contribution in [-0.2, 0) is 23.5 Å². The van der Waals surface area contributed by atoms with Gasteiger partial charge in [-0.3, -0.25) is 0 Å². The molecule has 3 aromatic rings. The SMILES string of the molecule is CCCCCc1cc2cc3ccc(cc4nc(cc5nc(cc1[nH]2)C=C5)C=C4)[nH]3.[Fe]. The van der Waals surface area contributed by atoms with Crippen LogP contribution in [0, 0.1) is 0 Å². The van der Waals surface area contributed by atoms with Crippen molar-refractivity contribution in [3.8, 4) is 0 Å². The van der Waals surface area contributed by atoms with Crippen LogP contribution < -0.4 is 0 Å². The Morgan fingerprint density at radius 3 is 2.00 bits per heavy atom. The van der Waals surface area contributed by atoms with Gasteiger partial charge in [-0.15, -0.1) is 0 Å². The van der Waals surface area contributed by atoms with E-state index in [0.29, 0.717) is 0 Å². The van der Waals surface area contributed by atoms with Gasteiger partial charge in [0.15, 0.2) is 0 Å². The van der Waals surface area contributed by atoms with Crippen LogP contribution in [0.2, 0.25) is 0 Å². The summed E-state index contributed by atoms with van der Waals surface area (Å²) in [5, 5.41) is 0. The quantitative estimate of drug-likeness (QED) is 0.254. The molecule has 2 aliphatic rings. The fourth-order valence-corrected chi connectivity index (χ4v) is 3.85. The number of aromatic amines is 2. The minimum atomic E-state index is 0. The van der Waals surface area contributed by atoms with Gasteiger partial charge in [-0.1, -0.05) is 19.8 Å². The van der Waals surface area contributed by atoms with E-state index in [0.717, 1.165) is 51.3 Å². The zero-order chi connectivity index (χ0) is 19.6. The molecule has 0 atom stereocenters. The average molecular weight is 436 g/mol. The van der Waals surface area contributed by atoms with E-state index in [2.05, 4.69) is 64.3 Å². The standard InChI is InChI=1S/C25H24N4.Fe/c1-2-3-4-5-17-12-24-15-22-9-8-20(27-22)13-18-6-7-19(26-18)14-21-10-11-23(28-21)16-25(17)29-24;/h6-16,27,29H,2-5H2,1H3;. The Bertz CT molecular complexity index is 1280. The number of hydrogen-bond acceptors (Lipinski definition) is 2. The van der Waals surface area contributed by atoms with Crippen molar-refractivity contribution in [3.63, 3.8) is 0 Å². The predicted molar refractivity (Wildman–Crippen MR) is 122 cm³/mol. The molecule has 5 rings (SSSR count). The van der Waals surface area contributed by atoms with E-state index in [1.165, 1.54) is 24.8 Å². The first-order valence-electron chi connectivity index (χ1n) is 10.3. The van der Waals surface area contributed by atoms with Gasteiger partial charge in [0.25, 0.3) is 0 Å². The summed E-state index contributed by atoms with van der Waals surface area (Å²) in [6.45, 7) is 2.24. The number of nitrogens with one attached hydrogen (secondary N) is 2. The van der Waals surface area contributed by atoms with Gasteiger partial charge in [-0.2, -0.15) is 0 Å². The Balaban J connectivity index is 0.00000218. The first-order chi connectivity index (χ1) is 14.2. The molecule has 2 aliphatic heterocycles. The van der Waals surface area contributed by atoms with Crippen LogP contribution in [0.15, 0.2) is 42.5 Å². The Hall–Kier alpha value is -2.88. The molecule has 5 heterocycles. The molecule has 0 saturated heterocycles. The summed E-state index contributed by atoms with van der Waals surface area (Å²) in [6.07, 6.45) is 12.9. The molecule has 0 spiro atoms. The second-order valence-electron chi connectivity index (χ2n) is 7.66. The first kappa shape index (κ1) is 20.4. The van der Waals surface area contributed by atoms with E-state index in [1.54, 1.807) is 0 Å². The van der Waals surface area contributed by atoms with Crippen molar-refractivity contribution in [1.82, 2.24) is 19.9 Å². The molecule has 0 amide bonds. The van der Waals surface area contributed by atoms with E-state index in [4.69, 9.17) is 4.98 Å². The van der Waals surface area contributed by atoms with Crippen LogP contribution in [0.25, 0.3) is 46.4 Å². The third kappa shape index (κ3) is 4.48. The predicted octanol–water partition coefficient (Wildman–Crippen LogP) is 6.39. The number of aromatic nitrogens is 4. The van der Waals surface area contributed by atoms with Crippen molar-refractivity contribution in [2.45, 2.75) is 32.6 Å². The topological polar surface area (TPSA) is 57.4 Å². The summed E-state index contributed by atoms with van der Waals surface area (Å²) in [7, 11) is 0. The van der Waals surface area contributed by atoms with Gasteiger partial charge >= 0.3 is 0 Å². The van der Waals surface area contributed by atoms with Crippen molar-refractivity contribution in [1.29, 1.82) is 0 Å². The molecular weight excluding hydrogens is 412 g/mol. The molecule has 30 heavy (non-hydrogen) atoms. The Kier molecular flexibility index (Phi) is 6.03. The largest absolute Gasteiger partial charge is 0.355 e. The number of aryl methyl sites for hydroxylation is 1. The van der Waals surface area contributed by atoms with Gasteiger partial charge in [0.05, 0.1) is 22.8 Å². The van der Waals surface area contributed by atoms with E-state index < -0.39 is 0 Å². The van der Waals surface area contributed by atoms with Crippen molar-refractivity contribution in [3.05, 3.63) is 70.8 Å². The van der Waals surface area contributed by atoms with Crippen LogP contribution in [0.1, 0.15) is 54.5 Å². The van der Waals surface area contributed by atoms with Crippen molar-refractivity contribution >= 4 is 46.4 Å². The fraction of sp³-hybridized carbons (Fsp3) is 0.200. The second kappa shape index (κ2) is 8.86. The Labute approximate surface area is 186 Å². The minimum absolute atomic E-state index is 0. The Morgan fingerprint density at radius 1 is 0.667 bits per heavy atom. The van der Waals surface area contributed by atoms with Crippen LogP contribution in [0.5, 0.6) is 0 Å². The smallest absolute Gasteiger partial charge is 0.0659 e. The summed E-state index contributed by atoms with van der Waals surface area (Å²) in [5.74, 6) is 0. The molecule has 3 aromatic heterocycles. The van der Waals surface area contributed by atoms with E-state index >= 15 is 0 Å². The molecule has 0 fully saturated rings. The molecule has 0 saturated carbocycles.